The molecule has 1 saturated heterocycles. The van der Waals surface area contributed by atoms with Crippen LogP contribution in [0.3, 0.4) is 0 Å². The first kappa shape index (κ1) is 13.1. The number of thiazole rings is 1. The van der Waals surface area contributed by atoms with Crippen LogP contribution >= 0.6 is 11.3 Å². The topological polar surface area (TPSA) is 31.7 Å². The minimum absolute atomic E-state index is 0.978. The van der Waals surface area contributed by atoms with Gasteiger partial charge in [0.05, 0.1) is 5.69 Å². The fourth-order valence-electron chi connectivity index (χ4n) is 2.36. The van der Waals surface area contributed by atoms with Gasteiger partial charge in [-0.25, -0.2) is 9.98 Å². The van der Waals surface area contributed by atoms with Crippen LogP contribution in [0.15, 0.2) is 46.9 Å². The molecular weight excluding hydrogens is 268 g/mol. The van der Waals surface area contributed by atoms with E-state index in [0.29, 0.717) is 0 Å². The molecule has 4 nitrogen and oxygen atoms in total. The molecule has 2 heterocycles. The Kier molecular flexibility index (Phi) is 3.97. The first-order chi connectivity index (χ1) is 9.84. The fourth-order valence-corrected chi connectivity index (χ4v) is 2.96. The third-order valence-corrected chi connectivity index (χ3v) is 4.23. The average Bonchev–Trinajstić information content (AvgIpc) is 3.18. The van der Waals surface area contributed by atoms with Crippen molar-refractivity contribution in [3.8, 4) is 0 Å². The maximum Gasteiger partial charge on any atom is 0.207 e. The van der Waals surface area contributed by atoms with Crippen LogP contribution in [-0.4, -0.2) is 36.0 Å². The summed E-state index contributed by atoms with van der Waals surface area (Å²) in [6.07, 6.45) is 4.31. The predicted molar refractivity (Wildman–Crippen MR) is 84.9 cm³/mol. The first-order valence-electron chi connectivity index (χ1n) is 6.86. The monoisotopic (exact) mass is 286 g/mol. The summed E-state index contributed by atoms with van der Waals surface area (Å²) in [6, 6.07) is 10.1. The lowest BCUT2D eigenvalue weighted by molar-refractivity contribution is 0.510. The van der Waals surface area contributed by atoms with Crippen LogP contribution in [-0.2, 0) is 0 Å². The van der Waals surface area contributed by atoms with Gasteiger partial charge in [0.25, 0.3) is 0 Å². The molecule has 1 aromatic carbocycles. The molecule has 0 N–H and O–H groups in total. The van der Waals surface area contributed by atoms with Crippen molar-refractivity contribution < 1.29 is 0 Å². The molecule has 3 rings (SSSR count). The van der Waals surface area contributed by atoms with Gasteiger partial charge >= 0.3 is 0 Å². The molecule has 0 unspecified atom stereocenters. The van der Waals surface area contributed by atoms with Gasteiger partial charge in [0.2, 0.25) is 5.96 Å². The molecule has 0 radical (unpaired) electrons. The van der Waals surface area contributed by atoms with Gasteiger partial charge in [-0.15, -0.1) is 11.3 Å². The maximum atomic E-state index is 4.83. The number of hydrogen-bond donors (Lipinski definition) is 0. The highest BCUT2D eigenvalue weighted by molar-refractivity contribution is 7.13. The SMILES string of the molecule is CN(C(=Nc1ccccc1)N1CCCC1)c1nccs1. The minimum Gasteiger partial charge on any atom is -0.342 e. The molecular formula is C15H18N4S. The molecule has 1 aliphatic heterocycles. The van der Waals surface area contributed by atoms with Crippen LogP contribution in [0, 0.1) is 0 Å². The van der Waals surface area contributed by atoms with E-state index >= 15 is 0 Å². The van der Waals surface area contributed by atoms with Crippen molar-refractivity contribution in [2.24, 2.45) is 4.99 Å². The molecule has 104 valence electrons. The van der Waals surface area contributed by atoms with Gasteiger partial charge in [0.15, 0.2) is 5.13 Å². The van der Waals surface area contributed by atoms with Crippen LogP contribution in [0.5, 0.6) is 0 Å². The molecule has 1 aromatic heterocycles. The number of likely N-dealkylation sites (tertiary alicyclic amines) is 1. The largest absolute Gasteiger partial charge is 0.342 e. The number of hydrogen-bond acceptors (Lipinski definition) is 3. The number of rotatable bonds is 2. The summed E-state index contributed by atoms with van der Waals surface area (Å²) < 4.78 is 0. The van der Waals surface area contributed by atoms with Gasteiger partial charge in [-0.3, -0.25) is 4.90 Å². The third-order valence-electron chi connectivity index (χ3n) is 3.38. The van der Waals surface area contributed by atoms with Crippen molar-refractivity contribution in [1.82, 2.24) is 9.88 Å². The van der Waals surface area contributed by atoms with E-state index in [2.05, 4.69) is 14.8 Å². The smallest absolute Gasteiger partial charge is 0.207 e. The molecule has 0 atom stereocenters. The van der Waals surface area contributed by atoms with Crippen molar-refractivity contribution >= 4 is 28.1 Å². The Labute approximate surface area is 123 Å². The van der Waals surface area contributed by atoms with E-state index in [1.165, 1.54) is 12.8 Å². The second-order valence-electron chi connectivity index (χ2n) is 4.82. The zero-order valence-electron chi connectivity index (χ0n) is 11.6. The zero-order valence-corrected chi connectivity index (χ0v) is 12.4. The summed E-state index contributed by atoms with van der Waals surface area (Å²) in [5, 5.41) is 2.97. The van der Waals surface area contributed by atoms with Crippen LogP contribution in [0.2, 0.25) is 0 Å². The van der Waals surface area contributed by atoms with E-state index in [1.807, 2.05) is 49.0 Å². The number of aliphatic imine (C=N–C) groups is 1. The molecule has 0 bridgehead atoms. The molecule has 0 aliphatic carbocycles. The van der Waals surface area contributed by atoms with Gasteiger partial charge in [-0.2, -0.15) is 0 Å². The number of guanidine groups is 1. The molecule has 0 spiro atoms. The third kappa shape index (κ3) is 2.82. The number of nitrogens with zero attached hydrogens (tertiary/aromatic N) is 4. The second kappa shape index (κ2) is 6.05. The van der Waals surface area contributed by atoms with Crippen molar-refractivity contribution in [2.45, 2.75) is 12.8 Å². The van der Waals surface area contributed by atoms with Crippen LogP contribution in [0.1, 0.15) is 12.8 Å². The first-order valence-corrected chi connectivity index (χ1v) is 7.74. The van der Waals surface area contributed by atoms with Gasteiger partial charge in [0, 0.05) is 31.7 Å². The van der Waals surface area contributed by atoms with E-state index in [0.717, 1.165) is 29.9 Å². The summed E-state index contributed by atoms with van der Waals surface area (Å²) in [5.41, 5.74) is 0.984. The molecule has 0 amide bonds. The zero-order chi connectivity index (χ0) is 13.8. The predicted octanol–water partition coefficient (Wildman–Crippen LogP) is 3.36. The lowest BCUT2D eigenvalue weighted by Gasteiger charge is -2.27. The van der Waals surface area contributed by atoms with Crippen LogP contribution in [0.25, 0.3) is 0 Å². The normalized spacial score (nSPS) is 15.7. The maximum absolute atomic E-state index is 4.83. The van der Waals surface area contributed by atoms with Crippen molar-refractivity contribution in [1.29, 1.82) is 0 Å². The number of anilines is 1. The molecule has 2 aromatic rings. The Morgan fingerprint density at radius 3 is 2.65 bits per heavy atom. The summed E-state index contributed by atoms with van der Waals surface area (Å²) in [5.74, 6) is 0.989. The minimum atomic E-state index is 0.978. The molecule has 1 fully saturated rings. The van der Waals surface area contributed by atoms with E-state index in [-0.39, 0.29) is 0 Å². The number of benzene rings is 1. The van der Waals surface area contributed by atoms with Gasteiger partial charge in [-0.05, 0) is 25.0 Å². The van der Waals surface area contributed by atoms with Gasteiger partial charge < -0.3 is 4.90 Å². The Morgan fingerprint density at radius 2 is 2.00 bits per heavy atom. The van der Waals surface area contributed by atoms with Gasteiger partial charge in [-0.1, -0.05) is 18.2 Å². The Hall–Kier alpha value is -1.88. The number of aromatic nitrogens is 1. The standard InChI is InChI=1S/C15H18N4S/c1-18(15-16-9-12-20-15)14(19-10-5-6-11-19)17-13-7-3-2-4-8-13/h2-4,7-9,12H,5-6,10-11H2,1H3. The molecule has 0 saturated carbocycles. The van der Waals surface area contributed by atoms with Crippen molar-refractivity contribution in [3.05, 3.63) is 41.9 Å². The quantitative estimate of drug-likeness (QED) is 0.626. The van der Waals surface area contributed by atoms with E-state index < -0.39 is 0 Å². The van der Waals surface area contributed by atoms with Crippen LogP contribution < -0.4 is 4.90 Å². The Bertz CT molecular complexity index is 559. The lowest BCUT2D eigenvalue weighted by Crippen LogP contribution is -2.40. The second-order valence-corrected chi connectivity index (χ2v) is 5.69. The Balaban J connectivity index is 1.93. The number of para-hydroxylation sites is 1. The molecule has 5 heteroatoms. The van der Waals surface area contributed by atoms with Gasteiger partial charge in [0.1, 0.15) is 0 Å². The summed E-state index contributed by atoms with van der Waals surface area (Å²) in [7, 11) is 2.04. The lowest BCUT2D eigenvalue weighted by atomic mass is 10.3. The van der Waals surface area contributed by atoms with E-state index in [1.54, 1.807) is 11.3 Å². The summed E-state index contributed by atoms with van der Waals surface area (Å²) in [6.45, 7) is 2.14. The summed E-state index contributed by atoms with van der Waals surface area (Å²) >= 11 is 1.64. The average molecular weight is 286 g/mol. The van der Waals surface area contributed by atoms with Crippen LogP contribution in [0.4, 0.5) is 10.8 Å². The fraction of sp³-hybridized carbons (Fsp3) is 0.333. The highest BCUT2D eigenvalue weighted by atomic mass is 32.1. The van der Waals surface area contributed by atoms with E-state index in [9.17, 15) is 0 Å². The Morgan fingerprint density at radius 1 is 1.25 bits per heavy atom. The van der Waals surface area contributed by atoms with Crippen molar-refractivity contribution in [3.63, 3.8) is 0 Å². The van der Waals surface area contributed by atoms with Crippen molar-refractivity contribution in [2.75, 3.05) is 25.0 Å². The molecule has 20 heavy (non-hydrogen) atoms. The summed E-state index contributed by atoms with van der Waals surface area (Å²) in [4.78, 5) is 13.6. The van der Waals surface area contributed by atoms with E-state index in [4.69, 9.17) is 4.99 Å². The highest BCUT2D eigenvalue weighted by Gasteiger charge is 2.21. The highest BCUT2D eigenvalue weighted by Crippen LogP contribution is 2.22. The molecule has 1 aliphatic rings.